The summed E-state index contributed by atoms with van der Waals surface area (Å²) in [5.74, 6) is 1.59. The lowest BCUT2D eigenvalue weighted by Crippen LogP contribution is -2.15. The van der Waals surface area contributed by atoms with Crippen molar-refractivity contribution in [1.82, 2.24) is 20.2 Å². The maximum atomic E-state index is 12.2. The number of hydrogen-bond acceptors (Lipinski definition) is 5. The van der Waals surface area contributed by atoms with E-state index >= 15 is 0 Å². The van der Waals surface area contributed by atoms with Gasteiger partial charge in [-0.3, -0.25) is 4.79 Å². The highest BCUT2D eigenvalue weighted by Crippen LogP contribution is 2.19. The number of thioether (sulfide) groups is 1. The second kappa shape index (κ2) is 7.94. The highest BCUT2D eigenvalue weighted by Gasteiger charge is 2.10. The average Bonchev–Trinajstić information content (AvgIpc) is 3.08. The van der Waals surface area contributed by atoms with Crippen LogP contribution in [0.2, 0.25) is 0 Å². The number of hydrogen-bond donors (Lipinski definition) is 1. The van der Waals surface area contributed by atoms with Crippen molar-refractivity contribution < 1.29 is 4.79 Å². The molecule has 0 fully saturated rings. The molecule has 0 saturated heterocycles. The van der Waals surface area contributed by atoms with E-state index in [4.69, 9.17) is 0 Å². The van der Waals surface area contributed by atoms with E-state index in [2.05, 4.69) is 20.8 Å². The summed E-state index contributed by atoms with van der Waals surface area (Å²) >= 11 is 1.48. The van der Waals surface area contributed by atoms with E-state index in [1.54, 1.807) is 4.68 Å². The van der Waals surface area contributed by atoms with Crippen LogP contribution in [0.3, 0.4) is 0 Å². The topological polar surface area (TPSA) is 72.7 Å². The van der Waals surface area contributed by atoms with E-state index in [1.165, 1.54) is 11.8 Å². The fourth-order valence-corrected chi connectivity index (χ4v) is 3.10. The zero-order chi connectivity index (χ0) is 17.6. The summed E-state index contributed by atoms with van der Waals surface area (Å²) in [7, 11) is 0. The highest BCUT2D eigenvalue weighted by molar-refractivity contribution is 7.99. The first-order valence-corrected chi connectivity index (χ1v) is 9.07. The van der Waals surface area contributed by atoms with Crippen molar-refractivity contribution in [2.24, 2.45) is 0 Å². The van der Waals surface area contributed by atoms with Crippen LogP contribution in [0.5, 0.6) is 0 Å². The van der Waals surface area contributed by atoms with Gasteiger partial charge in [-0.15, -0.1) is 16.9 Å². The molecule has 6 nitrogen and oxygen atoms in total. The predicted octanol–water partition coefficient (Wildman–Crippen LogP) is 3.15. The molecule has 0 spiro atoms. The minimum absolute atomic E-state index is 0.0302. The second-order valence-corrected chi connectivity index (χ2v) is 6.62. The number of rotatable bonds is 6. The third-order valence-electron chi connectivity index (χ3n) is 3.88. The molecule has 0 aliphatic rings. The Kier molecular flexibility index (Phi) is 5.45. The van der Waals surface area contributed by atoms with Gasteiger partial charge in [-0.05, 0) is 53.6 Å². The van der Waals surface area contributed by atoms with Gasteiger partial charge in [-0.25, -0.2) is 0 Å². The Balaban J connectivity index is 1.56. The first kappa shape index (κ1) is 17.2. The summed E-state index contributed by atoms with van der Waals surface area (Å²) in [5.41, 5.74) is 4.02. The molecule has 1 N–H and O–H groups in total. The van der Waals surface area contributed by atoms with E-state index < -0.39 is 0 Å². The molecule has 3 aromatic rings. The number of tetrazole rings is 1. The van der Waals surface area contributed by atoms with Crippen LogP contribution in [-0.2, 0) is 10.5 Å². The van der Waals surface area contributed by atoms with Crippen molar-refractivity contribution in [2.45, 2.75) is 19.6 Å². The van der Waals surface area contributed by atoms with Crippen molar-refractivity contribution in [3.8, 4) is 5.69 Å². The minimum Gasteiger partial charge on any atom is -0.325 e. The van der Waals surface area contributed by atoms with E-state index in [-0.39, 0.29) is 5.91 Å². The van der Waals surface area contributed by atoms with E-state index in [0.29, 0.717) is 11.5 Å². The smallest absolute Gasteiger partial charge is 0.234 e. The maximum absolute atomic E-state index is 12.2. The van der Waals surface area contributed by atoms with Crippen LogP contribution in [0.25, 0.3) is 5.69 Å². The van der Waals surface area contributed by atoms with Gasteiger partial charge in [0.2, 0.25) is 5.91 Å². The van der Waals surface area contributed by atoms with Crippen molar-refractivity contribution in [3.63, 3.8) is 0 Å². The molecule has 0 aliphatic carbocycles. The summed E-state index contributed by atoms with van der Waals surface area (Å²) in [4.78, 5) is 12.2. The molecular formula is C18H19N5OS. The number of aromatic nitrogens is 4. The quantitative estimate of drug-likeness (QED) is 0.737. The summed E-state index contributed by atoms with van der Waals surface area (Å²) in [6.07, 6.45) is 0. The van der Waals surface area contributed by atoms with Crippen molar-refractivity contribution >= 4 is 23.4 Å². The third-order valence-corrected chi connectivity index (χ3v) is 4.81. The molecule has 0 unspecified atom stereocenters. The largest absolute Gasteiger partial charge is 0.325 e. The number of anilines is 1. The van der Waals surface area contributed by atoms with Crippen LogP contribution in [0.4, 0.5) is 5.69 Å². The maximum Gasteiger partial charge on any atom is 0.234 e. The third kappa shape index (κ3) is 4.24. The minimum atomic E-state index is -0.0302. The predicted molar refractivity (Wildman–Crippen MR) is 99.9 cm³/mol. The van der Waals surface area contributed by atoms with Crippen molar-refractivity contribution in [1.29, 1.82) is 0 Å². The molecule has 1 aromatic heterocycles. The second-order valence-electron chi connectivity index (χ2n) is 5.63. The average molecular weight is 353 g/mol. The van der Waals surface area contributed by atoms with Crippen LogP contribution < -0.4 is 5.32 Å². The zero-order valence-corrected chi connectivity index (χ0v) is 15.0. The standard InChI is InChI=1S/C18H19N5OS/c1-13-7-6-10-16(14(13)2)19-18(24)12-25-11-17-20-21-22-23(17)15-8-4-3-5-9-15/h3-10H,11-12H2,1-2H3,(H,19,24). The Bertz CT molecular complexity index is 863. The van der Waals surface area contributed by atoms with Gasteiger partial charge < -0.3 is 5.32 Å². The van der Waals surface area contributed by atoms with Gasteiger partial charge in [0, 0.05) is 5.69 Å². The number of nitrogens with one attached hydrogen (secondary N) is 1. The van der Waals surface area contributed by atoms with Crippen LogP contribution in [0.1, 0.15) is 17.0 Å². The molecule has 7 heteroatoms. The molecule has 0 atom stereocenters. The molecule has 0 saturated carbocycles. The fraction of sp³-hybridized carbons (Fsp3) is 0.222. The Hall–Kier alpha value is -2.67. The Morgan fingerprint density at radius 3 is 2.72 bits per heavy atom. The number of benzene rings is 2. The number of amides is 1. The van der Waals surface area contributed by atoms with Gasteiger partial charge in [0.15, 0.2) is 5.82 Å². The van der Waals surface area contributed by atoms with Crippen molar-refractivity contribution in [3.05, 3.63) is 65.5 Å². The fourth-order valence-electron chi connectivity index (χ4n) is 2.37. The van der Waals surface area contributed by atoms with Gasteiger partial charge in [-0.1, -0.05) is 30.3 Å². The van der Waals surface area contributed by atoms with E-state index in [1.807, 2.05) is 62.4 Å². The first-order chi connectivity index (χ1) is 12.1. The number of aryl methyl sites for hydroxylation is 1. The molecule has 1 heterocycles. The van der Waals surface area contributed by atoms with Gasteiger partial charge in [0.25, 0.3) is 0 Å². The number of nitrogens with zero attached hydrogens (tertiary/aromatic N) is 4. The lowest BCUT2D eigenvalue weighted by atomic mass is 10.1. The molecule has 2 aromatic carbocycles. The van der Waals surface area contributed by atoms with Crippen LogP contribution in [0.15, 0.2) is 48.5 Å². The highest BCUT2D eigenvalue weighted by atomic mass is 32.2. The molecular weight excluding hydrogens is 334 g/mol. The van der Waals surface area contributed by atoms with E-state index in [0.717, 1.165) is 28.3 Å². The van der Waals surface area contributed by atoms with Gasteiger partial charge in [-0.2, -0.15) is 4.68 Å². The lowest BCUT2D eigenvalue weighted by Gasteiger charge is -2.10. The molecule has 25 heavy (non-hydrogen) atoms. The van der Waals surface area contributed by atoms with Crippen molar-refractivity contribution in [2.75, 3.05) is 11.1 Å². The molecule has 0 bridgehead atoms. The normalized spacial score (nSPS) is 10.6. The lowest BCUT2D eigenvalue weighted by molar-refractivity contribution is -0.113. The molecule has 0 radical (unpaired) electrons. The van der Waals surface area contributed by atoms with Gasteiger partial charge >= 0.3 is 0 Å². The monoisotopic (exact) mass is 353 g/mol. The summed E-state index contributed by atoms with van der Waals surface area (Å²) < 4.78 is 1.69. The Morgan fingerprint density at radius 2 is 1.92 bits per heavy atom. The summed E-state index contributed by atoms with van der Waals surface area (Å²) in [6.45, 7) is 4.04. The first-order valence-electron chi connectivity index (χ1n) is 7.91. The van der Waals surface area contributed by atoms with Gasteiger partial charge in [0.1, 0.15) is 0 Å². The molecule has 0 aliphatic heterocycles. The molecule has 128 valence electrons. The SMILES string of the molecule is Cc1cccc(NC(=O)CSCc2nnnn2-c2ccccc2)c1C. The van der Waals surface area contributed by atoms with Gasteiger partial charge in [0.05, 0.1) is 17.2 Å². The summed E-state index contributed by atoms with van der Waals surface area (Å²) in [5, 5.41) is 14.8. The van der Waals surface area contributed by atoms with Crippen LogP contribution >= 0.6 is 11.8 Å². The summed E-state index contributed by atoms with van der Waals surface area (Å²) in [6, 6.07) is 15.6. The number of para-hydroxylation sites is 1. The number of carbonyl (C=O) groups excluding carboxylic acids is 1. The Labute approximate surface area is 150 Å². The van der Waals surface area contributed by atoms with Crippen LogP contribution in [-0.4, -0.2) is 31.9 Å². The molecule has 3 rings (SSSR count). The Morgan fingerprint density at radius 1 is 1.12 bits per heavy atom. The zero-order valence-electron chi connectivity index (χ0n) is 14.1. The van der Waals surface area contributed by atoms with E-state index in [9.17, 15) is 4.79 Å². The molecule has 1 amide bonds. The number of carbonyl (C=O) groups is 1. The van der Waals surface area contributed by atoms with Crippen LogP contribution in [0, 0.1) is 13.8 Å².